The first-order valence-electron chi connectivity index (χ1n) is 7.25. The Labute approximate surface area is 135 Å². The van der Waals surface area contributed by atoms with E-state index in [1.807, 2.05) is 13.1 Å². The molecule has 1 aliphatic heterocycles. The normalized spacial score (nSPS) is 17.8. The summed E-state index contributed by atoms with van der Waals surface area (Å²) in [5.74, 6) is 0.0237. The van der Waals surface area contributed by atoms with E-state index < -0.39 is 0 Å². The zero-order valence-electron chi connectivity index (χ0n) is 12.4. The highest BCUT2D eigenvalue weighted by Gasteiger charge is 2.34. The number of aryl methyl sites for hydroxylation is 1. The first-order valence-corrected chi connectivity index (χ1v) is 8.19. The molecule has 118 valence electrons. The van der Waals surface area contributed by atoms with Crippen molar-refractivity contribution in [1.29, 1.82) is 0 Å². The number of amides is 1. The molecule has 4 rings (SSSR count). The van der Waals surface area contributed by atoms with E-state index in [1.165, 1.54) is 11.3 Å². The fourth-order valence-corrected chi connectivity index (χ4v) is 3.41. The quantitative estimate of drug-likeness (QED) is 0.728. The molecule has 8 nitrogen and oxygen atoms in total. The van der Waals surface area contributed by atoms with Gasteiger partial charge in [-0.2, -0.15) is 5.10 Å². The minimum absolute atomic E-state index is 0.00192. The van der Waals surface area contributed by atoms with Gasteiger partial charge in [0.15, 0.2) is 0 Å². The second kappa shape index (κ2) is 5.58. The predicted molar refractivity (Wildman–Crippen MR) is 81.6 cm³/mol. The van der Waals surface area contributed by atoms with Crippen LogP contribution in [0.1, 0.15) is 35.3 Å². The molecule has 0 radical (unpaired) electrons. The van der Waals surface area contributed by atoms with Gasteiger partial charge in [0.25, 0.3) is 5.89 Å². The lowest BCUT2D eigenvalue weighted by Gasteiger charge is -2.23. The van der Waals surface area contributed by atoms with E-state index in [4.69, 9.17) is 4.42 Å². The van der Waals surface area contributed by atoms with E-state index in [0.717, 1.165) is 18.5 Å². The number of hydrogen-bond donors (Lipinski definition) is 0. The zero-order valence-corrected chi connectivity index (χ0v) is 13.2. The lowest BCUT2D eigenvalue weighted by molar-refractivity contribution is 0.0690. The maximum absolute atomic E-state index is 12.7. The van der Waals surface area contributed by atoms with Gasteiger partial charge in [-0.3, -0.25) is 9.48 Å². The molecule has 0 bridgehead atoms. The van der Waals surface area contributed by atoms with E-state index in [-0.39, 0.29) is 23.7 Å². The molecule has 3 aromatic rings. The van der Waals surface area contributed by atoms with E-state index in [9.17, 15) is 4.79 Å². The number of hydrogen-bond acceptors (Lipinski definition) is 7. The van der Waals surface area contributed by atoms with Gasteiger partial charge >= 0.3 is 11.8 Å². The molecule has 1 fully saturated rings. The number of carbonyl (C=O) groups excluding carboxylic acids is 1. The summed E-state index contributed by atoms with van der Waals surface area (Å²) in [5, 5.41) is 13.8. The number of nitrogens with zero attached hydrogens (tertiary/aromatic N) is 6. The third kappa shape index (κ3) is 2.42. The van der Waals surface area contributed by atoms with Crippen LogP contribution in [0.5, 0.6) is 0 Å². The third-order valence-corrected chi connectivity index (χ3v) is 4.56. The Morgan fingerprint density at radius 2 is 2.35 bits per heavy atom. The van der Waals surface area contributed by atoms with Crippen molar-refractivity contribution in [3.8, 4) is 11.6 Å². The van der Waals surface area contributed by atoms with Crippen molar-refractivity contribution in [3.05, 3.63) is 34.7 Å². The highest BCUT2D eigenvalue weighted by Crippen LogP contribution is 2.32. The van der Waals surface area contributed by atoms with Crippen LogP contribution in [0.3, 0.4) is 0 Å². The van der Waals surface area contributed by atoms with Crippen molar-refractivity contribution < 1.29 is 9.21 Å². The van der Waals surface area contributed by atoms with Crippen molar-refractivity contribution in [2.75, 3.05) is 6.54 Å². The Balaban J connectivity index is 1.60. The molecule has 23 heavy (non-hydrogen) atoms. The van der Waals surface area contributed by atoms with Gasteiger partial charge < -0.3 is 9.32 Å². The minimum atomic E-state index is -0.248. The van der Waals surface area contributed by atoms with E-state index in [2.05, 4.69) is 20.3 Å². The molecular formula is C14H14N6O2S. The topological polar surface area (TPSA) is 89.9 Å². The molecule has 1 unspecified atom stereocenters. The molecule has 0 aliphatic carbocycles. The molecule has 1 amide bonds. The van der Waals surface area contributed by atoms with E-state index >= 15 is 0 Å². The van der Waals surface area contributed by atoms with Crippen LogP contribution in [-0.4, -0.2) is 42.3 Å². The number of carbonyl (C=O) groups is 1. The smallest absolute Gasteiger partial charge is 0.311 e. The molecule has 1 atom stereocenters. The van der Waals surface area contributed by atoms with Gasteiger partial charge in [0.05, 0.1) is 17.2 Å². The van der Waals surface area contributed by atoms with Crippen molar-refractivity contribution in [2.24, 2.45) is 7.05 Å². The van der Waals surface area contributed by atoms with Crippen LogP contribution in [0.4, 0.5) is 0 Å². The summed E-state index contributed by atoms with van der Waals surface area (Å²) in [4.78, 5) is 18.6. The van der Waals surface area contributed by atoms with Crippen LogP contribution < -0.4 is 0 Å². The maximum Gasteiger partial charge on any atom is 0.311 e. The molecule has 3 aromatic heterocycles. The van der Waals surface area contributed by atoms with Crippen molar-refractivity contribution in [1.82, 2.24) is 29.9 Å². The molecule has 1 aliphatic rings. The summed E-state index contributed by atoms with van der Waals surface area (Å²) in [6, 6.07) is 1.93. The maximum atomic E-state index is 12.7. The molecule has 1 saturated heterocycles. The van der Waals surface area contributed by atoms with Gasteiger partial charge in [-0.1, -0.05) is 0 Å². The summed E-state index contributed by atoms with van der Waals surface area (Å²) in [6.07, 6.45) is 3.58. The molecule has 0 N–H and O–H groups in total. The highest BCUT2D eigenvalue weighted by atomic mass is 32.1. The zero-order chi connectivity index (χ0) is 15.8. The average Bonchev–Trinajstić information content (AvgIpc) is 3.31. The number of thiazole rings is 1. The van der Waals surface area contributed by atoms with Crippen molar-refractivity contribution in [2.45, 2.75) is 18.9 Å². The molecule has 0 spiro atoms. The molecule has 9 heteroatoms. The molecular weight excluding hydrogens is 316 g/mol. The van der Waals surface area contributed by atoms with Crippen LogP contribution in [0.15, 0.2) is 27.6 Å². The largest absolute Gasteiger partial charge is 0.411 e. The Morgan fingerprint density at radius 3 is 3.09 bits per heavy atom. The lowest BCUT2D eigenvalue weighted by atomic mass is 10.1. The Bertz CT molecular complexity index is 824. The summed E-state index contributed by atoms with van der Waals surface area (Å²) in [5.41, 5.74) is 3.28. The SMILES string of the molecule is Cn1nccc1C1CCCN1C(=O)c1nnc(-c2cscn2)o1. The summed E-state index contributed by atoms with van der Waals surface area (Å²) in [7, 11) is 1.88. The van der Waals surface area contributed by atoms with Crippen LogP contribution in [0.2, 0.25) is 0 Å². The number of likely N-dealkylation sites (tertiary alicyclic amines) is 1. The third-order valence-electron chi connectivity index (χ3n) is 3.97. The van der Waals surface area contributed by atoms with E-state index in [0.29, 0.717) is 12.2 Å². The molecule has 4 heterocycles. The second-order valence-corrected chi connectivity index (χ2v) is 6.04. The van der Waals surface area contributed by atoms with Gasteiger partial charge in [0.2, 0.25) is 0 Å². The van der Waals surface area contributed by atoms with Gasteiger partial charge in [0, 0.05) is 25.2 Å². The predicted octanol–water partition coefficient (Wildman–Crippen LogP) is 1.90. The van der Waals surface area contributed by atoms with Gasteiger partial charge in [-0.15, -0.1) is 21.5 Å². The molecule has 0 saturated carbocycles. The van der Waals surface area contributed by atoms with Gasteiger partial charge in [-0.05, 0) is 18.9 Å². The Morgan fingerprint density at radius 1 is 1.43 bits per heavy atom. The van der Waals surface area contributed by atoms with Crippen LogP contribution in [0, 0.1) is 0 Å². The fourth-order valence-electron chi connectivity index (χ4n) is 2.88. The second-order valence-electron chi connectivity index (χ2n) is 5.32. The van der Waals surface area contributed by atoms with Crippen molar-refractivity contribution >= 4 is 17.2 Å². The number of aromatic nitrogens is 5. The fraction of sp³-hybridized carbons (Fsp3) is 0.357. The summed E-state index contributed by atoms with van der Waals surface area (Å²) in [6.45, 7) is 0.670. The minimum Gasteiger partial charge on any atom is -0.411 e. The summed E-state index contributed by atoms with van der Waals surface area (Å²) >= 11 is 1.43. The molecule has 0 aromatic carbocycles. The van der Waals surface area contributed by atoms with Gasteiger partial charge in [-0.25, -0.2) is 4.98 Å². The first-order chi connectivity index (χ1) is 11.2. The Kier molecular flexibility index (Phi) is 3.41. The standard InChI is InChI=1S/C14H14N6O2S/c1-19-10(4-5-16-19)11-3-2-6-20(11)14(21)13-18-17-12(22-13)9-7-23-8-15-9/h4-5,7-8,11H,2-3,6H2,1H3. The number of rotatable bonds is 3. The van der Waals surface area contributed by atoms with Crippen LogP contribution in [0.25, 0.3) is 11.6 Å². The van der Waals surface area contributed by atoms with Crippen LogP contribution >= 0.6 is 11.3 Å². The average molecular weight is 330 g/mol. The van der Waals surface area contributed by atoms with Crippen molar-refractivity contribution in [3.63, 3.8) is 0 Å². The monoisotopic (exact) mass is 330 g/mol. The summed E-state index contributed by atoms with van der Waals surface area (Å²) < 4.78 is 7.30. The van der Waals surface area contributed by atoms with Crippen LogP contribution in [-0.2, 0) is 7.05 Å². The highest BCUT2D eigenvalue weighted by molar-refractivity contribution is 7.07. The van der Waals surface area contributed by atoms with Gasteiger partial charge in [0.1, 0.15) is 5.69 Å². The Hall–Kier alpha value is -2.55. The lowest BCUT2D eigenvalue weighted by Crippen LogP contribution is -2.31. The first kappa shape index (κ1) is 14.1. The van der Waals surface area contributed by atoms with E-state index in [1.54, 1.807) is 26.7 Å².